The molecule has 1 aliphatic heterocycles. The Hall–Kier alpha value is -1.63. The molecule has 104 valence electrons. The number of nitrogens with one attached hydrogen (secondary N) is 1. The Labute approximate surface area is 109 Å². The van der Waals surface area contributed by atoms with Gasteiger partial charge in [-0.1, -0.05) is 6.08 Å². The Kier molecular flexibility index (Phi) is 4.04. The first-order valence-corrected chi connectivity index (χ1v) is 5.97. The summed E-state index contributed by atoms with van der Waals surface area (Å²) >= 11 is 0. The molecule has 0 fully saturated rings. The first-order valence-electron chi connectivity index (χ1n) is 5.97. The highest BCUT2D eigenvalue weighted by Crippen LogP contribution is 2.30. The van der Waals surface area contributed by atoms with E-state index in [1.807, 2.05) is 7.05 Å². The van der Waals surface area contributed by atoms with E-state index in [0.717, 1.165) is 5.69 Å². The molecule has 0 aromatic carbocycles. The van der Waals surface area contributed by atoms with Gasteiger partial charge in [-0.05, 0) is 13.5 Å². The summed E-state index contributed by atoms with van der Waals surface area (Å²) < 4.78 is 37.5. The minimum Gasteiger partial charge on any atom is -0.351 e. The topological polar surface area (TPSA) is 41.1 Å². The van der Waals surface area contributed by atoms with Crippen LogP contribution in [0, 0.1) is 0 Å². The molecule has 0 saturated carbocycles. The first-order chi connectivity index (χ1) is 9.00. The highest BCUT2D eigenvalue weighted by molar-refractivity contribution is 5.39. The minimum absolute atomic E-state index is 0.0105. The third-order valence-electron chi connectivity index (χ3n) is 2.95. The summed E-state index contributed by atoms with van der Waals surface area (Å²) in [5.74, 6) is 0.609. The molecule has 0 amide bonds. The third-order valence-corrected chi connectivity index (χ3v) is 2.95. The number of nitrogens with zero attached hydrogens (tertiary/aromatic N) is 3. The van der Waals surface area contributed by atoms with Crippen molar-refractivity contribution in [3.05, 3.63) is 29.7 Å². The van der Waals surface area contributed by atoms with Gasteiger partial charge in [0, 0.05) is 25.2 Å². The molecule has 1 aliphatic rings. The summed E-state index contributed by atoms with van der Waals surface area (Å²) in [5.41, 5.74) is 0.346. The van der Waals surface area contributed by atoms with Crippen LogP contribution in [0.1, 0.15) is 12.1 Å². The first kappa shape index (κ1) is 13.8. The van der Waals surface area contributed by atoms with E-state index < -0.39 is 11.7 Å². The molecule has 0 aliphatic carbocycles. The van der Waals surface area contributed by atoms with Crippen LogP contribution < -0.4 is 10.2 Å². The van der Waals surface area contributed by atoms with Gasteiger partial charge in [-0.25, -0.2) is 4.98 Å². The molecular weight excluding hydrogens is 257 g/mol. The molecule has 0 radical (unpaired) electrons. The molecule has 7 heteroatoms. The average Bonchev–Trinajstić information content (AvgIpc) is 2.39. The molecule has 2 rings (SSSR count). The number of hydrogen-bond acceptors (Lipinski definition) is 4. The van der Waals surface area contributed by atoms with Gasteiger partial charge in [0.15, 0.2) is 0 Å². The quantitative estimate of drug-likeness (QED) is 0.853. The molecule has 2 heterocycles. The number of alkyl halides is 3. The summed E-state index contributed by atoms with van der Waals surface area (Å²) in [6, 6.07) is 0. The summed E-state index contributed by atoms with van der Waals surface area (Å²) in [5, 5.41) is 2.95. The maximum absolute atomic E-state index is 12.5. The van der Waals surface area contributed by atoms with Gasteiger partial charge in [-0.2, -0.15) is 13.2 Å². The van der Waals surface area contributed by atoms with Crippen LogP contribution in [-0.2, 0) is 6.54 Å². The normalized spacial score (nSPS) is 16.4. The van der Waals surface area contributed by atoms with Crippen molar-refractivity contribution in [2.75, 3.05) is 25.0 Å². The van der Waals surface area contributed by atoms with Crippen LogP contribution >= 0.6 is 0 Å². The van der Waals surface area contributed by atoms with E-state index in [0.29, 0.717) is 18.9 Å². The van der Waals surface area contributed by atoms with Gasteiger partial charge < -0.3 is 10.2 Å². The van der Waals surface area contributed by atoms with Crippen molar-refractivity contribution < 1.29 is 13.2 Å². The molecule has 1 N–H and O–H groups in total. The second kappa shape index (κ2) is 5.56. The van der Waals surface area contributed by atoms with Crippen molar-refractivity contribution in [2.24, 2.45) is 0 Å². The van der Waals surface area contributed by atoms with Crippen LogP contribution in [0.25, 0.3) is 0 Å². The van der Waals surface area contributed by atoms with Gasteiger partial charge in [-0.3, -0.25) is 4.98 Å². The fourth-order valence-corrected chi connectivity index (χ4v) is 1.92. The van der Waals surface area contributed by atoms with Gasteiger partial charge in [0.2, 0.25) is 0 Å². The lowest BCUT2D eigenvalue weighted by molar-refractivity contribution is -0.0944. The Morgan fingerprint density at radius 1 is 1.32 bits per heavy atom. The molecule has 0 unspecified atom stereocenters. The summed E-state index contributed by atoms with van der Waals surface area (Å²) in [4.78, 5) is 10.2. The monoisotopic (exact) mass is 272 g/mol. The molecule has 1 aromatic rings. The molecule has 0 bridgehead atoms. The zero-order chi connectivity index (χ0) is 13.9. The van der Waals surface area contributed by atoms with E-state index >= 15 is 0 Å². The predicted octanol–water partition coefficient (Wildman–Crippen LogP) is 1.89. The van der Waals surface area contributed by atoms with Crippen LogP contribution in [0.5, 0.6) is 0 Å². The fraction of sp³-hybridized carbons (Fsp3) is 0.500. The van der Waals surface area contributed by atoms with Crippen LogP contribution in [0.4, 0.5) is 19.0 Å². The van der Waals surface area contributed by atoms with E-state index in [4.69, 9.17) is 0 Å². The maximum Gasteiger partial charge on any atom is 0.412 e. The van der Waals surface area contributed by atoms with Crippen LogP contribution in [0.2, 0.25) is 0 Å². The standard InChI is InChI=1S/C12H15F3N4/c1-16-6-10-7-18-11(8-17-10)19-4-2-9(3-5-19)12(13,14)15/h2,7-8,16H,3-6H2,1H3. The summed E-state index contributed by atoms with van der Waals surface area (Å²) in [7, 11) is 1.81. The molecular formula is C12H15F3N4. The molecule has 4 nitrogen and oxygen atoms in total. The van der Waals surface area contributed by atoms with Gasteiger partial charge in [-0.15, -0.1) is 0 Å². The molecule has 1 aromatic heterocycles. The molecule has 0 spiro atoms. The van der Waals surface area contributed by atoms with E-state index in [1.54, 1.807) is 17.3 Å². The minimum atomic E-state index is -4.21. The van der Waals surface area contributed by atoms with Crippen molar-refractivity contribution in [2.45, 2.75) is 19.1 Å². The number of aromatic nitrogens is 2. The van der Waals surface area contributed by atoms with Crippen molar-refractivity contribution in [3.63, 3.8) is 0 Å². The smallest absolute Gasteiger partial charge is 0.351 e. The van der Waals surface area contributed by atoms with Crippen molar-refractivity contribution >= 4 is 5.82 Å². The lowest BCUT2D eigenvalue weighted by atomic mass is 10.1. The van der Waals surface area contributed by atoms with Crippen LogP contribution in [-0.4, -0.2) is 36.3 Å². The van der Waals surface area contributed by atoms with Crippen molar-refractivity contribution in [1.82, 2.24) is 15.3 Å². The zero-order valence-electron chi connectivity index (χ0n) is 10.5. The highest BCUT2D eigenvalue weighted by atomic mass is 19.4. The maximum atomic E-state index is 12.5. The number of hydrogen-bond donors (Lipinski definition) is 1. The van der Waals surface area contributed by atoms with E-state index in [2.05, 4.69) is 15.3 Å². The van der Waals surface area contributed by atoms with Crippen LogP contribution in [0.3, 0.4) is 0 Å². The van der Waals surface area contributed by atoms with Gasteiger partial charge in [0.25, 0.3) is 0 Å². The zero-order valence-corrected chi connectivity index (χ0v) is 10.5. The fourth-order valence-electron chi connectivity index (χ4n) is 1.92. The Morgan fingerprint density at radius 2 is 2.11 bits per heavy atom. The Balaban J connectivity index is 2.03. The third kappa shape index (κ3) is 3.44. The molecule has 0 saturated heterocycles. The van der Waals surface area contributed by atoms with Gasteiger partial charge in [0.1, 0.15) is 5.82 Å². The number of halogens is 3. The lowest BCUT2D eigenvalue weighted by Crippen LogP contribution is -2.32. The second-order valence-corrected chi connectivity index (χ2v) is 4.32. The van der Waals surface area contributed by atoms with Crippen molar-refractivity contribution in [3.8, 4) is 0 Å². The largest absolute Gasteiger partial charge is 0.412 e. The summed E-state index contributed by atoms with van der Waals surface area (Å²) in [6.07, 6.45) is 0.221. The number of anilines is 1. The van der Waals surface area contributed by atoms with E-state index in [-0.39, 0.29) is 13.0 Å². The predicted molar refractivity (Wildman–Crippen MR) is 65.8 cm³/mol. The van der Waals surface area contributed by atoms with Crippen molar-refractivity contribution in [1.29, 1.82) is 0 Å². The van der Waals surface area contributed by atoms with E-state index in [9.17, 15) is 13.2 Å². The lowest BCUT2D eigenvalue weighted by Gasteiger charge is -2.27. The van der Waals surface area contributed by atoms with Gasteiger partial charge in [0.05, 0.1) is 18.1 Å². The van der Waals surface area contributed by atoms with E-state index in [1.165, 1.54) is 6.08 Å². The Morgan fingerprint density at radius 3 is 2.58 bits per heavy atom. The second-order valence-electron chi connectivity index (χ2n) is 4.32. The molecule has 19 heavy (non-hydrogen) atoms. The summed E-state index contributed by atoms with van der Waals surface area (Å²) in [6.45, 7) is 1.14. The van der Waals surface area contributed by atoms with Gasteiger partial charge >= 0.3 is 6.18 Å². The molecule has 0 atom stereocenters. The van der Waals surface area contributed by atoms with Crippen LogP contribution in [0.15, 0.2) is 24.0 Å². The number of rotatable bonds is 3. The SMILES string of the molecule is CNCc1cnc(N2CC=C(C(F)(F)F)CC2)cn1. The average molecular weight is 272 g/mol. The highest BCUT2D eigenvalue weighted by Gasteiger charge is 2.34. The Bertz CT molecular complexity index is 453.